The summed E-state index contributed by atoms with van der Waals surface area (Å²) in [5.41, 5.74) is 7.85. The maximum Gasteiger partial charge on any atom is 0.215 e. The molecule has 0 amide bonds. The lowest BCUT2D eigenvalue weighted by Gasteiger charge is -2.31. The van der Waals surface area contributed by atoms with Crippen molar-refractivity contribution in [3.63, 3.8) is 0 Å². The van der Waals surface area contributed by atoms with E-state index in [1.807, 2.05) is 24.3 Å². The lowest BCUT2D eigenvalue weighted by atomic mass is 10.0. The summed E-state index contributed by atoms with van der Waals surface area (Å²) in [7, 11) is -1.82. The third kappa shape index (κ3) is 5.51. The summed E-state index contributed by atoms with van der Waals surface area (Å²) in [5, 5.41) is 0. The van der Waals surface area contributed by atoms with Crippen LogP contribution in [-0.2, 0) is 22.3 Å². The monoisotopic (exact) mass is 338 g/mol. The van der Waals surface area contributed by atoms with E-state index in [1.165, 1.54) is 13.5 Å². The van der Waals surface area contributed by atoms with Crippen LogP contribution in [0.25, 0.3) is 0 Å². The van der Waals surface area contributed by atoms with E-state index in [1.54, 1.807) is 0 Å². The maximum atomic E-state index is 11.5. The quantitative estimate of drug-likeness (QED) is 0.625. The van der Waals surface area contributed by atoms with Crippen molar-refractivity contribution >= 4 is 16.0 Å². The Morgan fingerprint density at radius 2 is 2.00 bits per heavy atom. The van der Waals surface area contributed by atoms with Crippen molar-refractivity contribution in [2.24, 2.45) is 16.6 Å². The van der Waals surface area contributed by atoms with Gasteiger partial charge in [-0.25, -0.2) is 18.1 Å². The van der Waals surface area contributed by atoms with Gasteiger partial charge in [-0.3, -0.25) is 0 Å². The first kappa shape index (κ1) is 17.7. The van der Waals surface area contributed by atoms with Crippen LogP contribution in [0.1, 0.15) is 30.9 Å². The second-order valence-electron chi connectivity index (χ2n) is 6.15. The number of guanidine groups is 1. The molecule has 1 aromatic rings. The topological polar surface area (TPSA) is 87.8 Å². The molecule has 1 aliphatic heterocycles. The summed E-state index contributed by atoms with van der Waals surface area (Å²) >= 11 is 0. The van der Waals surface area contributed by atoms with Gasteiger partial charge in [-0.15, -0.1) is 0 Å². The van der Waals surface area contributed by atoms with Crippen LogP contribution in [0.15, 0.2) is 29.3 Å². The number of aliphatic imine (C=N–C) groups is 1. The predicted molar refractivity (Wildman–Crippen MR) is 93.4 cm³/mol. The zero-order chi connectivity index (χ0) is 16.9. The molecule has 0 spiro atoms. The number of likely N-dealkylation sites (tertiary alicyclic amines) is 1. The van der Waals surface area contributed by atoms with Gasteiger partial charge in [0, 0.05) is 13.1 Å². The highest BCUT2D eigenvalue weighted by molar-refractivity contribution is 7.88. The van der Waals surface area contributed by atoms with Crippen LogP contribution in [0, 0.1) is 5.92 Å². The number of hydrogen-bond donors (Lipinski definition) is 2. The number of nitrogens with one attached hydrogen (secondary N) is 1. The Hall–Kier alpha value is -1.60. The van der Waals surface area contributed by atoms with Crippen molar-refractivity contribution in [2.75, 3.05) is 20.1 Å². The van der Waals surface area contributed by atoms with Gasteiger partial charge in [-0.05, 0) is 36.9 Å². The Kier molecular flexibility index (Phi) is 6.01. The Morgan fingerprint density at radius 3 is 2.61 bits per heavy atom. The SMILES string of the molecule is CNS(=O)(=O)Cc1ccc(CN=C(N)N2CCCC(C)C2)cc1. The van der Waals surface area contributed by atoms with Crippen molar-refractivity contribution in [2.45, 2.75) is 32.1 Å². The molecule has 0 aromatic heterocycles. The molecule has 1 saturated heterocycles. The lowest BCUT2D eigenvalue weighted by molar-refractivity contribution is 0.270. The van der Waals surface area contributed by atoms with Gasteiger partial charge in [0.25, 0.3) is 0 Å². The van der Waals surface area contributed by atoms with Gasteiger partial charge in [-0.2, -0.15) is 0 Å². The van der Waals surface area contributed by atoms with E-state index in [-0.39, 0.29) is 5.75 Å². The molecule has 0 saturated carbocycles. The van der Waals surface area contributed by atoms with Crippen LogP contribution in [0.3, 0.4) is 0 Å². The highest BCUT2D eigenvalue weighted by atomic mass is 32.2. The third-order valence-corrected chi connectivity index (χ3v) is 5.43. The second-order valence-corrected chi connectivity index (χ2v) is 8.07. The van der Waals surface area contributed by atoms with Crippen LogP contribution >= 0.6 is 0 Å². The average molecular weight is 338 g/mol. The minimum Gasteiger partial charge on any atom is -0.370 e. The molecule has 1 aliphatic rings. The molecule has 3 N–H and O–H groups in total. The molecule has 0 bridgehead atoms. The molecule has 0 radical (unpaired) electrons. The van der Waals surface area contributed by atoms with E-state index in [4.69, 9.17) is 5.73 Å². The van der Waals surface area contributed by atoms with Crippen molar-refractivity contribution in [1.82, 2.24) is 9.62 Å². The van der Waals surface area contributed by atoms with Gasteiger partial charge in [-0.1, -0.05) is 31.2 Å². The fourth-order valence-corrected chi connectivity index (χ4v) is 3.48. The van der Waals surface area contributed by atoms with Crippen LogP contribution in [0.4, 0.5) is 0 Å². The van der Waals surface area contributed by atoms with Crippen molar-refractivity contribution in [1.29, 1.82) is 0 Å². The Balaban J connectivity index is 1.94. The van der Waals surface area contributed by atoms with E-state index in [9.17, 15) is 8.42 Å². The Bertz CT molecular complexity index is 641. The number of nitrogens with zero attached hydrogens (tertiary/aromatic N) is 2. The largest absolute Gasteiger partial charge is 0.370 e. The van der Waals surface area contributed by atoms with E-state index in [2.05, 4.69) is 21.5 Å². The molecule has 1 unspecified atom stereocenters. The molecule has 23 heavy (non-hydrogen) atoms. The van der Waals surface area contributed by atoms with Gasteiger partial charge in [0.1, 0.15) is 0 Å². The van der Waals surface area contributed by atoms with E-state index in [0.29, 0.717) is 18.4 Å². The van der Waals surface area contributed by atoms with Gasteiger partial charge < -0.3 is 10.6 Å². The number of nitrogens with two attached hydrogens (primary N) is 1. The minimum atomic E-state index is -3.24. The highest BCUT2D eigenvalue weighted by Gasteiger charge is 2.17. The first-order valence-corrected chi connectivity index (χ1v) is 9.59. The minimum absolute atomic E-state index is 0.0130. The third-order valence-electron chi connectivity index (χ3n) is 4.10. The zero-order valence-electron chi connectivity index (χ0n) is 13.8. The average Bonchev–Trinajstić information content (AvgIpc) is 2.53. The molecule has 7 heteroatoms. The maximum absolute atomic E-state index is 11.5. The molecule has 6 nitrogen and oxygen atoms in total. The number of rotatable bonds is 5. The first-order chi connectivity index (χ1) is 10.9. The number of benzene rings is 1. The smallest absolute Gasteiger partial charge is 0.215 e. The molecule has 128 valence electrons. The van der Waals surface area contributed by atoms with Crippen LogP contribution in [0.5, 0.6) is 0 Å². The predicted octanol–water partition coefficient (Wildman–Crippen LogP) is 1.28. The summed E-state index contributed by atoms with van der Waals surface area (Å²) in [4.78, 5) is 6.60. The van der Waals surface area contributed by atoms with Gasteiger partial charge in [0.15, 0.2) is 5.96 Å². The van der Waals surface area contributed by atoms with Crippen molar-refractivity contribution in [3.05, 3.63) is 35.4 Å². The standard InChI is InChI=1S/C16H26N4O2S/c1-13-4-3-9-20(11-13)16(17)19-10-14-5-7-15(8-6-14)12-23(21,22)18-2/h5-8,13,18H,3-4,9-12H2,1-2H3,(H2,17,19). The van der Waals surface area contributed by atoms with Crippen LogP contribution in [-0.4, -0.2) is 39.4 Å². The number of piperidine rings is 1. The Morgan fingerprint density at radius 1 is 1.35 bits per heavy atom. The molecule has 2 rings (SSSR count). The highest BCUT2D eigenvalue weighted by Crippen LogP contribution is 2.15. The second kappa shape index (κ2) is 7.79. The fraction of sp³-hybridized carbons (Fsp3) is 0.562. The summed E-state index contributed by atoms with van der Waals surface area (Å²) in [6.07, 6.45) is 2.41. The molecule has 1 heterocycles. The lowest BCUT2D eigenvalue weighted by Crippen LogP contribution is -2.43. The van der Waals surface area contributed by atoms with Gasteiger partial charge >= 0.3 is 0 Å². The molecular formula is C16H26N4O2S. The van der Waals surface area contributed by atoms with Crippen molar-refractivity contribution < 1.29 is 8.42 Å². The van der Waals surface area contributed by atoms with Crippen molar-refractivity contribution in [3.8, 4) is 0 Å². The summed E-state index contributed by atoms with van der Waals surface area (Å²) in [6, 6.07) is 7.43. The van der Waals surface area contributed by atoms with E-state index in [0.717, 1.165) is 30.6 Å². The molecule has 1 fully saturated rings. The van der Waals surface area contributed by atoms with Crippen LogP contribution in [0.2, 0.25) is 0 Å². The summed E-state index contributed by atoms with van der Waals surface area (Å²) < 4.78 is 25.3. The molecule has 0 aliphatic carbocycles. The number of sulfonamides is 1. The normalized spacial score (nSPS) is 19.8. The van der Waals surface area contributed by atoms with E-state index < -0.39 is 10.0 Å². The molecule has 1 aromatic carbocycles. The first-order valence-electron chi connectivity index (χ1n) is 7.93. The fourth-order valence-electron chi connectivity index (χ4n) is 2.70. The zero-order valence-corrected chi connectivity index (χ0v) is 14.6. The van der Waals surface area contributed by atoms with E-state index >= 15 is 0 Å². The van der Waals surface area contributed by atoms with Gasteiger partial charge in [0.05, 0.1) is 12.3 Å². The summed E-state index contributed by atoms with van der Waals surface area (Å²) in [5.74, 6) is 1.24. The molecular weight excluding hydrogens is 312 g/mol. The van der Waals surface area contributed by atoms with Gasteiger partial charge in [0.2, 0.25) is 10.0 Å². The Labute approximate surface area is 138 Å². The number of hydrogen-bond acceptors (Lipinski definition) is 3. The van der Waals surface area contributed by atoms with Crippen LogP contribution < -0.4 is 10.5 Å². The molecule has 1 atom stereocenters. The summed E-state index contributed by atoms with van der Waals surface area (Å²) in [6.45, 7) is 4.68.